The van der Waals surface area contributed by atoms with Crippen molar-refractivity contribution in [3.63, 3.8) is 0 Å². The number of nitrogens with one attached hydrogen (secondary N) is 3. The van der Waals surface area contributed by atoms with Crippen molar-refractivity contribution in [3.05, 3.63) is 77.0 Å². The van der Waals surface area contributed by atoms with Crippen LogP contribution in [-0.2, 0) is 30.5 Å². The number of carbonyl (C=O) groups excluding carboxylic acids is 6. The maximum Gasteiger partial charge on any atom is 0.255 e. The number of fused-ring (bicyclic) bond motifs is 1. The van der Waals surface area contributed by atoms with E-state index in [0.717, 1.165) is 5.56 Å². The average molecular weight is 529 g/mol. The molecule has 0 spiro atoms. The van der Waals surface area contributed by atoms with E-state index < -0.39 is 11.9 Å². The third kappa shape index (κ3) is 5.50. The van der Waals surface area contributed by atoms with Gasteiger partial charge in [0.2, 0.25) is 17.7 Å². The summed E-state index contributed by atoms with van der Waals surface area (Å²) in [6.45, 7) is 0.351. The van der Waals surface area contributed by atoms with Gasteiger partial charge in [0, 0.05) is 61.8 Å². The van der Waals surface area contributed by atoms with Crippen LogP contribution in [0.5, 0.6) is 0 Å². The lowest BCUT2D eigenvalue weighted by atomic mass is 9.80. The first-order chi connectivity index (χ1) is 18.8. The molecule has 2 aromatic rings. The molecule has 0 radical (unpaired) electrons. The molecule has 5 rings (SSSR count). The minimum atomic E-state index is -0.739. The minimum Gasteiger partial charge on any atom is -0.390 e. The fraction of sp³-hybridized carbons (Fsp3) is 0.310. The maximum absolute atomic E-state index is 13.0. The molecule has 3 N–H and O–H groups in total. The number of amides is 4. The molecule has 1 saturated carbocycles. The number of Topliss-reactive ketones (excluding diaryl/α,β-unsaturated/α-hetero) is 2. The van der Waals surface area contributed by atoms with Gasteiger partial charge in [0.15, 0.2) is 11.6 Å². The third-order valence-electron chi connectivity index (χ3n) is 7.33. The van der Waals surface area contributed by atoms with Crippen molar-refractivity contribution >= 4 is 40.9 Å². The molecule has 1 aliphatic carbocycles. The standard InChI is InChI=1S/C29H28N4O6/c34-24-13-18(17-5-2-1-3-6-17)14-25(35)20(24)15-30-12-11-27(37)31-22-8-4-7-19-21(22)16-33(29(19)39)23-9-10-26(36)32-28(23)38/h1-8,15,18,23,30H,9-14,16H2,(H,31,37)(H,32,36,38). The van der Waals surface area contributed by atoms with E-state index in [4.69, 9.17) is 0 Å². The number of carbonyl (C=O) groups is 6. The highest BCUT2D eigenvalue weighted by Gasteiger charge is 2.40. The molecule has 0 aromatic heterocycles. The number of anilines is 1. The largest absolute Gasteiger partial charge is 0.390 e. The van der Waals surface area contributed by atoms with Crippen molar-refractivity contribution in [1.82, 2.24) is 15.5 Å². The number of allylic oxidation sites excluding steroid dienone is 1. The lowest BCUT2D eigenvalue weighted by Crippen LogP contribution is -2.52. The zero-order chi connectivity index (χ0) is 27.5. The quantitative estimate of drug-likeness (QED) is 0.216. The predicted octanol–water partition coefficient (Wildman–Crippen LogP) is 1.97. The van der Waals surface area contributed by atoms with Crippen LogP contribution in [0.2, 0.25) is 0 Å². The zero-order valence-electron chi connectivity index (χ0n) is 21.2. The highest BCUT2D eigenvalue weighted by molar-refractivity contribution is 6.22. The number of benzene rings is 2. The SMILES string of the molecule is O=C1CCC(N2Cc3c(NC(=O)CCNC=C4C(=O)CC(c5ccccc5)CC4=O)cccc3C2=O)C(=O)N1. The summed E-state index contributed by atoms with van der Waals surface area (Å²) in [5, 5.41) is 8.00. The summed E-state index contributed by atoms with van der Waals surface area (Å²) in [6.07, 6.45) is 2.40. The van der Waals surface area contributed by atoms with Crippen molar-refractivity contribution in [3.8, 4) is 0 Å². The Morgan fingerprint density at radius 2 is 1.72 bits per heavy atom. The highest BCUT2D eigenvalue weighted by atomic mass is 16.2. The molecule has 2 aliphatic heterocycles. The minimum absolute atomic E-state index is 0.0628. The number of hydrogen-bond donors (Lipinski definition) is 3. The van der Waals surface area contributed by atoms with Gasteiger partial charge >= 0.3 is 0 Å². The number of imide groups is 1. The van der Waals surface area contributed by atoms with Gasteiger partial charge in [0.05, 0.1) is 5.57 Å². The van der Waals surface area contributed by atoms with E-state index in [9.17, 15) is 28.8 Å². The summed E-state index contributed by atoms with van der Waals surface area (Å²) in [4.78, 5) is 76.0. The van der Waals surface area contributed by atoms with Crippen LogP contribution in [0.15, 0.2) is 60.3 Å². The second-order valence-electron chi connectivity index (χ2n) is 9.90. The first-order valence-corrected chi connectivity index (χ1v) is 12.9. The molecule has 0 bridgehead atoms. The summed E-state index contributed by atoms with van der Waals surface area (Å²) < 4.78 is 0. The Labute approximate surface area is 224 Å². The van der Waals surface area contributed by atoms with E-state index >= 15 is 0 Å². The average Bonchev–Trinajstić information content (AvgIpc) is 3.25. The Balaban J connectivity index is 1.15. The molecule has 1 unspecified atom stereocenters. The van der Waals surface area contributed by atoms with Gasteiger partial charge in [0.25, 0.3) is 5.91 Å². The lowest BCUT2D eigenvalue weighted by molar-refractivity contribution is -0.137. The molecule has 39 heavy (non-hydrogen) atoms. The lowest BCUT2D eigenvalue weighted by Gasteiger charge is -2.29. The number of rotatable bonds is 7. The monoisotopic (exact) mass is 528 g/mol. The summed E-state index contributed by atoms with van der Waals surface area (Å²) in [6, 6.07) is 13.8. The fourth-order valence-corrected chi connectivity index (χ4v) is 5.29. The van der Waals surface area contributed by atoms with E-state index in [0.29, 0.717) is 16.8 Å². The number of piperidine rings is 1. The van der Waals surface area contributed by atoms with E-state index in [1.54, 1.807) is 18.2 Å². The molecule has 3 aliphatic rings. The van der Waals surface area contributed by atoms with Crippen LogP contribution in [0.1, 0.15) is 59.5 Å². The van der Waals surface area contributed by atoms with Gasteiger partial charge in [-0.1, -0.05) is 36.4 Å². The van der Waals surface area contributed by atoms with Gasteiger partial charge in [0.1, 0.15) is 6.04 Å². The van der Waals surface area contributed by atoms with Gasteiger partial charge in [-0.05, 0) is 30.0 Å². The third-order valence-corrected chi connectivity index (χ3v) is 7.33. The van der Waals surface area contributed by atoms with Crippen molar-refractivity contribution in [1.29, 1.82) is 0 Å². The second-order valence-corrected chi connectivity index (χ2v) is 9.90. The van der Waals surface area contributed by atoms with Crippen molar-refractivity contribution in [2.45, 2.75) is 50.6 Å². The topological polar surface area (TPSA) is 142 Å². The highest BCUT2D eigenvalue weighted by Crippen LogP contribution is 2.33. The Hall–Kier alpha value is -4.60. The number of nitrogens with zero attached hydrogens (tertiary/aromatic N) is 1. The van der Waals surface area contributed by atoms with E-state index in [2.05, 4.69) is 16.0 Å². The maximum atomic E-state index is 13.0. The molecule has 2 heterocycles. The van der Waals surface area contributed by atoms with Crippen LogP contribution in [0.25, 0.3) is 0 Å². The predicted molar refractivity (Wildman–Crippen MR) is 140 cm³/mol. The van der Waals surface area contributed by atoms with Crippen molar-refractivity contribution in [2.75, 3.05) is 11.9 Å². The van der Waals surface area contributed by atoms with Crippen LogP contribution < -0.4 is 16.0 Å². The first kappa shape index (κ1) is 26.0. The van der Waals surface area contributed by atoms with E-state index in [1.807, 2.05) is 30.3 Å². The molecule has 2 aromatic carbocycles. The van der Waals surface area contributed by atoms with Gasteiger partial charge in [-0.15, -0.1) is 0 Å². The van der Waals surface area contributed by atoms with E-state index in [1.165, 1.54) is 11.1 Å². The van der Waals surface area contributed by atoms with Gasteiger partial charge in [-0.3, -0.25) is 34.1 Å². The number of ketones is 2. The molecule has 10 heteroatoms. The van der Waals surface area contributed by atoms with Crippen LogP contribution in [-0.4, -0.2) is 52.7 Å². The summed E-state index contributed by atoms with van der Waals surface area (Å²) in [5.74, 6) is -2.05. The fourth-order valence-electron chi connectivity index (χ4n) is 5.29. The Morgan fingerprint density at radius 3 is 2.44 bits per heavy atom. The Bertz CT molecular complexity index is 1380. The molecule has 200 valence electrons. The summed E-state index contributed by atoms with van der Waals surface area (Å²) >= 11 is 0. The molecule has 10 nitrogen and oxygen atoms in total. The molecule has 1 atom stereocenters. The van der Waals surface area contributed by atoms with Gasteiger partial charge in [-0.25, -0.2) is 0 Å². The van der Waals surface area contributed by atoms with Crippen molar-refractivity contribution < 1.29 is 28.8 Å². The van der Waals surface area contributed by atoms with Crippen LogP contribution in [0.4, 0.5) is 5.69 Å². The first-order valence-electron chi connectivity index (χ1n) is 12.9. The van der Waals surface area contributed by atoms with Gasteiger partial charge in [-0.2, -0.15) is 0 Å². The molecular formula is C29H28N4O6. The molecule has 1 saturated heterocycles. The van der Waals surface area contributed by atoms with Crippen molar-refractivity contribution in [2.24, 2.45) is 0 Å². The summed E-state index contributed by atoms with van der Waals surface area (Å²) in [7, 11) is 0. The zero-order valence-corrected chi connectivity index (χ0v) is 21.2. The molecular weight excluding hydrogens is 500 g/mol. The van der Waals surface area contributed by atoms with Crippen LogP contribution in [0.3, 0.4) is 0 Å². The molecule has 2 fully saturated rings. The van der Waals surface area contributed by atoms with Gasteiger partial charge < -0.3 is 15.5 Å². The smallest absolute Gasteiger partial charge is 0.255 e. The normalized spacial score (nSPS) is 21.0. The van der Waals surface area contributed by atoms with Crippen LogP contribution >= 0.6 is 0 Å². The Kier molecular flexibility index (Phi) is 7.36. The summed E-state index contributed by atoms with van der Waals surface area (Å²) in [5.41, 5.74) is 2.59. The van der Waals surface area contributed by atoms with E-state index in [-0.39, 0.29) is 86.0 Å². The number of hydrogen-bond acceptors (Lipinski definition) is 7. The molecule has 4 amide bonds. The second kappa shape index (κ2) is 11.0. The van der Waals surface area contributed by atoms with Crippen LogP contribution in [0, 0.1) is 0 Å². The Morgan fingerprint density at radius 1 is 0.974 bits per heavy atom.